The maximum atomic E-state index is 12.6. The highest BCUT2D eigenvalue weighted by Crippen LogP contribution is 2.28. The number of hydrogen-bond acceptors (Lipinski definition) is 4. The van der Waals surface area contributed by atoms with Gasteiger partial charge in [-0.2, -0.15) is 5.10 Å². The Balaban J connectivity index is 1.78. The minimum Gasteiger partial charge on any atom is -0.314 e. The van der Waals surface area contributed by atoms with Crippen molar-refractivity contribution in [1.82, 2.24) is 20.1 Å². The van der Waals surface area contributed by atoms with Crippen LogP contribution < -0.4 is 11.0 Å². The van der Waals surface area contributed by atoms with Crippen LogP contribution in [0.25, 0.3) is 0 Å². The van der Waals surface area contributed by atoms with E-state index in [1.54, 1.807) is 29.2 Å². The summed E-state index contributed by atoms with van der Waals surface area (Å²) in [6.07, 6.45) is 2.59. The molecule has 3 rings (SSSR count). The van der Waals surface area contributed by atoms with Crippen molar-refractivity contribution >= 4 is 17.5 Å². The van der Waals surface area contributed by atoms with Crippen molar-refractivity contribution in [3.8, 4) is 0 Å². The fourth-order valence-electron chi connectivity index (χ4n) is 2.91. The number of rotatable bonds is 3. The molecule has 0 radical (unpaired) electrons. The molecule has 24 heavy (non-hydrogen) atoms. The minimum absolute atomic E-state index is 0.0592. The second kappa shape index (κ2) is 6.69. The number of Topliss-reactive ketones (excluding diaryl/α,β-unsaturated/α-hetero) is 1. The predicted octanol–water partition coefficient (Wildman–Crippen LogP) is 2.06. The molecule has 0 saturated carbocycles. The van der Waals surface area contributed by atoms with Crippen molar-refractivity contribution in [3.63, 3.8) is 0 Å². The number of piperidine rings is 1. The van der Waals surface area contributed by atoms with Crippen molar-refractivity contribution in [2.75, 3.05) is 11.9 Å². The van der Waals surface area contributed by atoms with Gasteiger partial charge < -0.3 is 10.2 Å². The molecular weight excluding hydrogens is 310 g/mol. The third-order valence-electron chi connectivity index (χ3n) is 4.12. The molecule has 1 aliphatic rings. The van der Waals surface area contributed by atoms with Crippen LogP contribution in [-0.4, -0.2) is 38.4 Å². The second-order valence-corrected chi connectivity index (χ2v) is 5.84. The number of nitrogens with zero attached hydrogens (tertiary/aromatic N) is 2. The summed E-state index contributed by atoms with van der Waals surface area (Å²) < 4.78 is 0. The molecule has 126 valence electrons. The molecule has 1 aromatic carbocycles. The lowest BCUT2D eigenvalue weighted by atomic mass is 10.0. The topological polar surface area (TPSA) is 111 Å². The highest BCUT2D eigenvalue weighted by Gasteiger charge is 2.30. The fraction of sp³-hybridized carbons (Fsp3) is 0.375. The van der Waals surface area contributed by atoms with E-state index in [2.05, 4.69) is 20.5 Å². The van der Waals surface area contributed by atoms with E-state index >= 15 is 0 Å². The molecule has 2 heterocycles. The average molecular weight is 329 g/mol. The Labute approximate surface area is 138 Å². The van der Waals surface area contributed by atoms with Gasteiger partial charge in [0.15, 0.2) is 11.6 Å². The Kier molecular flexibility index (Phi) is 4.45. The molecule has 0 aliphatic carbocycles. The summed E-state index contributed by atoms with van der Waals surface area (Å²) in [7, 11) is 0. The first kappa shape index (κ1) is 16.0. The summed E-state index contributed by atoms with van der Waals surface area (Å²) >= 11 is 0. The molecule has 1 aliphatic heterocycles. The highest BCUT2D eigenvalue weighted by atomic mass is 16.2. The van der Waals surface area contributed by atoms with Crippen LogP contribution in [0.4, 0.5) is 10.5 Å². The SMILES string of the molecule is CC(=O)c1cccc(NC(=O)N2CCCCC2c2n[nH]c(=O)[nH]2)c1. The number of benzene rings is 1. The number of hydrogen-bond donors (Lipinski definition) is 3. The zero-order valence-corrected chi connectivity index (χ0v) is 13.3. The molecular formula is C16H19N5O3. The minimum atomic E-state index is -0.384. The fourth-order valence-corrected chi connectivity index (χ4v) is 2.91. The number of amides is 2. The lowest BCUT2D eigenvalue weighted by molar-refractivity contribution is 0.101. The number of ketones is 1. The maximum Gasteiger partial charge on any atom is 0.340 e. The number of aromatic nitrogens is 3. The number of anilines is 1. The van der Waals surface area contributed by atoms with Crippen molar-refractivity contribution in [2.45, 2.75) is 32.2 Å². The third-order valence-corrected chi connectivity index (χ3v) is 4.12. The molecule has 1 saturated heterocycles. The molecule has 0 spiro atoms. The van der Waals surface area contributed by atoms with Gasteiger partial charge in [-0.25, -0.2) is 14.7 Å². The molecule has 1 aromatic heterocycles. The van der Waals surface area contributed by atoms with Crippen LogP contribution in [0.3, 0.4) is 0 Å². The zero-order valence-electron chi connectivity index (χ0n) is 13.3. The van der Waals surface area contributed by atoms with Crippen LogP contribution in [0.5, 0.6) is 0 Å². The second-order valence-electron chi connectivity index (χ2n) is 5.84. The summed E-state index contributed by atoms with van der Waals surface area (Å²) in [5.41, 5.74) is 0.720. The summed E-state index contributed by atoms with van der Waals surface area (Å²) in [6.45, 7) is 2.06. The molecule has 2 amide bonds. The summed E-state index contributed by atoms with van der Waals surface area (Å²) in [5.74, 6) is 0.406. The van der Waals surface area contributed by atoms with E-state index in [1.807, 2.05) is 0 Å². The monoisotopic (exact) mass is 329 g/mol. The van der Waals surface area contributed by atoms with Gasteiger partial charge in [-0.05, 0) is 38.3 Å². The van der Waals surface area contributed by atoms with E-state index in [1.165, 1.54) is 6.92 Å². The number of urea groups is 1. The molecule has 2 aromatic rings. The Bertz CT molecular complexity index is 810. The van der Waals surface area contributed by atoms with E-state index in [0.717, 1.165) is 19.3 Å². The highest BCUT2D eigenvalue weighted by molar-refractivity contribution is 5.96. The van der Waals surface area contributed by atoms with Crippen molar-refractivity contribution in [2.24, 2.45) is 0 Å². The van der Waals surface area contributed by atoms with Gasteiger partial charge in [0, 0.05) is 17.8 Å². The van der Waals surface area contributed by atoms with E-state index in [-0.39, 0.29) is 23.5 Å². The van der Waals surface area contributed by atoms with E-state index in [4.69, 9.17) is 0 Å². The normalized spacial score (nSPS) is 17.5. The predicted molar refractivity (Wildman–Crippen MR) is 88.0 cm³/mol. The van der Waals surface area contributed by atoms with Crippen LogP contribution in [0.15, 0.2) is 29.1 Å². The van der Waals surface area contributed by atoms with Gasteiger partial charge in [0.2, 0.25) is 0 Å². The van der Waals surface area contributed by atoms with Gasteiger partial charge in [0.05, 0.1) is 6.04 Å². The number of nitrogens with one attached hydrogen (secondary N) is 3. The zero-order chi connectivity index (χ0) is 17.1. The summed E-state index contributed by atoms with van der Waals surface area (Å²) in [4.78, 5) is 39.7. The quantitative estimate of drug-likeness (QED) is 0.748. The van der Waals surface area contributed by atoms with Gasteiger partial charge in [0.1, 0.15) is 0 Å². The Hall–Kier alpha value is -2.90. The lowest BCUT2D eigenvalue weighted by Gasteiger charge is -2.34. The molecule has 1 atom stereocenters. The average Bonchev–Trinajstić information content (AvgIpc) is 3.01. The van der Waals surface area contributed by atoms with Gasteiger partial charge in [-0.15, -0.1) is 0 Å². The number of H-pyrrole nitrogens is 2. The Morgan fingerprint density at radius 1 is 1.33 bits per heavy atom. The molecule has 8 heteroatoms. The van der Waals surface area contributed by atoms with E-state index in [9.17, 15) is 14.4 Å². The van der Waals surface area contributed by atoms with Gasteiger partial charge in [0.25, 0.3) is 0 Å². The number of likely N-dealkylation sites (tertiary alicyclic amines) is 1. The number of carbonyl (C=O) groups excluding carboxylic acids is 2. The van der Waals surface area contributed by atoms with Gasteiger partial charge in [-0.3, -0.25) is 9.78 Å². The first-order valence-electron chi connectivity index (χ1n) is 7.88. The van der Waals surface area contributed by atoms with Crippen LogP contribution in [0.1, 0.15) is 48.4 Å². The largest absolute Gasteiger partial charge is 0.340 e. The summed E-state index contributed by atoms with van der Waals surface area (Å²) in [6, 6.07) is 6.27. The third kappa shape index (κ3) is 3.37. The Morgan fingerprint density at radius 3 is 2.88 bits per heavy atom. The number of aromatic amines is 2. The Morgan fingerprint density at radius 2 is 2.17 bits per heavy atom. The standard InChI is InChI=1S/C16H19N5O3/c1-10(22)11-5-4-6-12(9-11)17-16(24)21-8-3-2-7-13(21)14-18-15(23)20-19-14/h4-6,9,13H,2-3,7-8H2,1H3,(H,17,24)(H2,18,19,20,23). The molecule has 0 bridgehead atoms. The molecule has 8 nitrogen and oxygen atoms in total. The van der Waals surface area contributed by atoms with Gasteiger partial charge in [-0.1, -0.05) is 12.1 Å². The van der Waals surface area contributed by atoms with Crippen LogP contribution >= 0.6 is 0 Å². The van der Waals surface area contributed by atoms with Crippen molar-refractivity contribution in [1.29, 1.82) is 0 Å². The molecule has 3 N–H and O–H groups in total. The molecule has 1 fully saturated rings. The van der Waals surface area contributed by atoms with Gasteiger partial charge >= 0.3 is 11.7 Å². The first-order chi connectivity index (χ1) is 11.5. The number of carbonyl (C=O) groups is 2. The maximum absolute atomic E-state index is 12.6. The van der Waals surface area contributed by atoms with E-state index < -0.39 is 0 Å². The lowest BCUT2D eigenvalue weighted by Crippen LogP contribution is -2.41. The summed E-state index contributed by atoms with van der Waals surface area (Å²) in [5, 5.41) is 9.11. The van der Waals surface area contributed by atoms with Crippen LogP contribution in [-0.2, 0) is 0 Å². The molecule has 1 unspecified atom stereocenters. The van der Waals surface area contributed by atoms with Crippen LogP contribution in [0.2, 0.25) is 0 Å². The first-order valence-corrected chi connectivity index (χ1v) is 7.88. The smallest absolute Gasteiger partial charge is 0.314 e. The van der Waals surface area contributed by atoms with Crippen molar-refractivity contribution in [3.05, 3.63) is 46.1 Å². The van der Waals surface area contributed by atoms with Crippen molar-refractivity contribution < 1.29 is 9.59 Å². The van der Waals surface area contributed by atoms with Crippen LogP contribution in [0, 0.1) is 0 Å². The van der Waals surface area contributed by atoms with E-state index in [0.29, 0.717) is 23.6 Å².